The Morgan fingerprint density at radius 2 is 1.94 bits per heavy atom. The average molecular weight is 535 g/mol. The van der Waals surface area contributed by atoms with E-state index in [0.717, 1.165) is 5.56 Å². The molecular weight excluding hydrogens is 517 g/mol. The van der Waals surface area contributed by atoms with E-state index in [9.17, 15) is 4.79 Å². The van der Waals surface area contributed by atoms with E-state index >= 15 is 0 Å². The van der Waals surface area contributed by atoms with Crippen LogP contribution in [0.1, 0.15) is 27.4 Å². The first-order chi connectivity index (χ1) is 15.4. The van der Waals surface area contributed by atoms with E-state index in [4.69, 9.17) is 32.4 Å². The summed E-state index contributed by atoms with van der Waals surface area (Å²) in [6.45, 7) is 2.74. The molecule has 0 unspecified atom stereocenters. The molecule has 4 aromatic rings. The van der Waals surface area contributed by atoms with Gasteiger partial charge in [-0.1, -0.05) is 53.0 Å². The van der Waals surface area contributed by atoms with Gasteiger partial charge in [0.25, 0.3) is 5.91 Å². The number of aryl methyl sites for hydroxylation is 1. The quantitative estimate of drug-likeness (QED) is 0.285. The lowest BCUT2D eigenvalue weighted by atomic mass is 10.1. The number of nitrogens with zero attached hydrogens (tertiary/aromatic N) is 2. The zero-order valence-electron chi connectivity index (χ0n) is 16.9. The van der Waals surface area contributed by atoms with E-state index in [1.54, 1.807) is 35.0 Å². The molecule has 0 bridgehead atoms. The third-order valence-corrected chi connectivity index (χ3v) is 5.67. The smallest absolute Gasteiger partial charge is 0.292 e. The van der Waals surface area contributed by atoms with Crippen molar-refractivity contribution in [1.29, 1.82) is 0 Å². The van der Waals surface area contributed by atoms with Crippen molar-refractivity contribution < 1.29 is 13.9 Å². The minimum atomic E-state index is -0.415. The second kappa shape index (κ2) is 9.81. The van der Waals surface area contributed by atoms with Gasteiger partial charge in [0.2, 0.25) is 0 Å². The number of amides is 1. The molecular formula is C23H18BrCl2N3O3. The fraction of sp³-hybridized carbons (Fsp3) is 0.130. The molecule has 164 valence electrons. The Balaban J connectivity index is 1.37. The van der Waals surface area contributed by atoms with Crippen molar-refractivity contribution >= 4 is 50.9 Å². The van der Waals surface area contributed by atoms with Gasteiger partial charge >= 0.3 is 0 Å². The van der Waals surface area contributed by atoms with E-state index in [-0.39, 0.29) is 12.4 Å². The lowest BCUT2D eigenvalue weighted by Crippen LogP contribution is -2.12. The second-order valence-corrected chi connectivity index (χ2v) is 8.79. The fourth-order valence-electron chi connectivity index (χ4n) is 2.93. The van der Waals surface area contributed by atoms with Crippen molar-refractivity contribution in [2.75, 3.05) is 5.32 Å². The molecule has 0 aliphatic rings. The monoisotopic (exact) mass is 533 g/mol. The molecule has 2 aromatic carbocycles. The SMILES string of the molecule is Cc1ccc(Cn2cc(Br)c(NC(=O)c3ccc(COc4ccc(Cl)cc4Cl)o3)n2)cc1. The van der Waals surface area contributed by atoms with Crippen LogP contribution in [-0.4, -0.2) is 15.7 Å². The van der Waals surface area contributed by atoms with Crippen molar-refractivity contribution in [3.05, 3.63) is 98.0 Å². The number of carbonyl (C=O) groups excluding carboxylic acids is 1. The molecule has 6 nitrogen and oxygen atoms in total. The number of anilines is 1. The van der Waals surface area contributed by atoms with Gasteiger partial charge in [-0.15, -0.1) is 0 Å². The Morgan fingerprint density at radius 3 is 2.69 bits per heavy atom. The van der Waals surface area contributed by atoms with Crippen molar-refractivity contribution in [2.45, 2.75) is 20.1 Å². The molecule has 0 spiro atoms. The molecule has 0 radical (unpaired) electrons. The van der Waals surface area contributed by atoms with Crippen LogP contribution < -0.4 is 10.1 Å². The van der Waals surface area contributed by atoms with Crippen LogP contribution in [0.15, 0.2) is 69.7 Å². The summed E-state index contributed by atoms with van der Waals surface area (Å²) < 4.78 is 13.7. The number of nitrogens with one attached hydrogen (secondary N) is 1. The molecule has 1 N–H and O–H groups in total. The van der Waals surface area contributed by atoms with Crippen LogP contribution in [0, 0.1) is 6.92 Å². The predicted molar refractivity (Wildman–Crippen MR) is 128 cm³/mol. The number of carbonyl (C=O) groups is 1. The van der Waals surface area contributed by atoms with Gasteiger partial charge in [-0.2, -0.15) is 5.10 Å². The summed E-state index contributed by atoms with van der Waals surface area (Å²) in [6.07, 6.45) is 1.81. The predicted octanol–water partition coefficient (Wildman–Crippen LogP) is 6.73. The van der Waals surface area contributed by atoms with Crippen LogP contribution in [0.3, 0.4) is 0 Å². The second-order valence-electron chi connectivity index (χ2n) is 7.09. The maximum absolute atomic E-state index is 12.6. The Bertz CT molecular complexity index is 1250. The summed E-state index contributed by atoms with van der Waals surface area (Å²) in [6, 6.07) is 16.4. The van der Waals surface area contributed by atoms with E-state index in [2.05, 4.69) is 38.5 Å². The molecule has 0 aliphatic heterocycles. The van der Waals surface area contributed by atoms with Gasteiger partial charge in [0.1, 0.15) is 18.1 Å². The van der Waals surface area contributed by atoms with E-state index in [0.29, 0.717) is 38.4 Å². The number of benzene rings is 2. The van der Waals surface area contributed by atoms with Gasteiger partial charge in [-0.25, -0.2) is 0 Å². The maximum Gasteiger partial charge on any atom is 0.292 e. The number of hydrogen-bond acceptors (Lipinski definition) is 4. The highest BCUT2D eigenvalue weighted by atomic mass is 79.9. The maximum atomic E-state index is 12.6. The van der Waals surface area contributed by atoms with Crippen LogP contribution in [-0.2, 0) is 13.2 Å². The zero-order chi connectivity index (χ0) is 22.7. The number of aromatic nitrogens is 2. The van der Waals surface area contributed by atoms with Crippen LogP contribution in [0.2, 0.25) is 10.0 Å². The standard InChI is InChI=1S/C23H18BrCl2N3O3/c1-14-2-4-15(5-3-14)11-29-12-18(24)22(28-29)27-23(30)21-9-7-17(32-21)13-31-20-8-6-16(25)10-19(20)26/h2-10,12H,11,13H2,1H3,(H,27,28,30). The van der Waals surface area contributed by atoms with Gasteiger partial charge in [0.05, 0.1) is 16.0 Å². The van der Waals surface area contributed by atoms with Crippen LogP contribution >= 0.6 is 39.1 Å². The van der Waals surface area contributed by atoms with Gasteiger partial charge in [0, 0.05) is 11.2 Å². The van der Waals surface area contributed by atoms with Crippen molar-refractivity contribution in [2.24, 2.45) is 0 Å². The highest BCUT2D eigenvalue weighted by Gasteiger charge is 2.16. The summed E-state index contributed by atoms with van der Waals surface area (Å²) in [4.78, 5) is 12.6. The first-order valence-electron chi connectivity index (χ1n) is 9.64. The summed E-state index contributed by atoms with van der Waals surface area (Å²) >= 11 is 15.4. The minimum Gasteiger partial charge on any atom is -0.484 e. The fourth-order valence-corrected chi connectivity index (χ4v) is 3.81. The zero-order valence-corrected chi connectivity index (χ0v) is 20.0. The number of ether oxygens (including phenoxy) is 1. The summed E-state index contributed by atoms with van der Waals surface area (Å²) in [7, 11) is 0. The Labute approximate surface area is 203 Å². The minimum absolute atomic E-state index is 0.115. The van der Waals surface area contributed by atoms with Gasteiger partial charge in [-0.05, 0) is 58.7 Å². The molecule has 0 saturated carbocycles. The average Bonchev–Trinajstić information content (AvgIpc) is 3.36. The molecule has 0 aliphatic carbocycles. The molecule has 9 heteroatoms. The Hall–Kier alpha value is -2.74. The number of rotatable bonds is 7. The molecule has 32 heavy (non-hydrogen) atoms. The third-order valence-electron chi connectivity index (χ3n) is 4.56. The van der Waals surface area contributed by atoms with Crippen molar-refractivity contribution in [3.8, 4) is 5.75 Å². The molecule has 0 saturated heterocycles. The lowest BCUT2D eigenvalue weighted by Gasteiger charge is -2.06. The molecule has 2 aromatic heterocycles. The first kappa shape index (κ1) is 22.5. The summed E-state index contributed by atoms with van der Waals surface area (Å²) in [5.74, 6) is 1.09. The van der Waals surface area contributed by atoms with Crippen molar-refractivity contribution in [1.82, 2.24) is 9.78 Å². The molecule has 0 atom stereocenters. The van der Waals surface area contributed by atoms with E-state index < -0.39 is 5.91 Å². The summed E-state index contributed by atoms with van der Waals surface area (Å²) in [5, 5.41) is 8.11. The Kier molecular flexibility index (Phi) is 6.89. The third kappa shape index (κ3) is 5.54. The van der Waals surface area contributed by atoms with Crippen LogP contribution in [0.5, 0.6) is 5.75 Å². The summed E-state index contributed by atoms with van der Waals surface area (Å²) in [5.41, 5.74) is 2.31. The molecule has 4 rings (SSSR count). The molecule has 2 heterocycles. The van der Waals surface area contributed by atoms with Crippen LogP contribution in [0.25, 0.3) is 0 Å². The van der Waals surface area contributed by atoms with Crippen molar-refractivity contribution in [3.63, 3.8) is 0 Å². The van der Waals surface area contributed by atoms with Gasteiger partial charge in [-0.3, -0.25) is 9.48 Å². The van der Waals surface area contributed by atoms with Crippen LogP contribution in [0.4, 0.5) is 5.82 Å². The largest absolute Gasteiger partial charge is 0.484 e. The highest BCUT2D eigenvalue weighted by molar-refractivity contribution is 9.10. The van der Waals surface area contributed by atoms with Gasteiger partial charge < -0.3 is 14.5 Å². The number of halogens is 3. The Morgan fingerprint density at radius 1 is 1.16 bits per heavy atom. The number of furan rings is 1. The van der Waals surface area contributed by atoms with E-state index in [1.807, 2.05) is 25.3 Å². The lowest BCUT2D eigenvalue weighted by molar-refractivity contribution is 0.0992. The number of hydrogen-bond donors (Lipinski definition) is 1. The highest BCUT2D eigenvalue weighted by Crippen LogP contribution is 2.28. The topological polar surface area (TPSA) is 69.3 Å². The van der Waals surface area contributed by atoms with E-state index in [1.165, 1.54) is 5.56 Å². The first-order valence-corrected chi connectivity index (χ1v) is 11.2. The molecule has 1 amide bonds. The normalized spacial score (nSPS) is 10.9. The van der Waals surface area contributed by atoms with Gasteiger partial charge in [0.15, 0.2) is 11.6 Å². The molecule has 0 fully saturated rings.